The van der Waals surface area contributed by atoms with Crippen LogP contribution in [-0.4, -0.2) is 18.1 Å². The summed E-state index contributed by atoms with van der Waals surface area (Å²) in [4.78, 5) is 12.1. The molecule has 1 aromatic carbocycles. The van der Waals surface area contributed by atoms with Crippen molar-refractivity contribution in [2.24, 2.45) is 5.73 Å². The van der Waals surface area contributed by atoms with E-state index >= 15 is 0 Å². The summed E-state index contributed by atoms with van der Waals surface area (Å²) in [5, 5.41) is 2.98. The first kappa shape index (κ1) is 14.3. The van der Waals surface area contributed by atoms with Gasteiger partial charge < -0.3 is 15.8 Å². The van der Waals surface area contributed by atoms with Gasteiger partial charge in [0.2, 0.25) is 5.91 Å². The topological polar surface area (TPSA) is 64.4 Å². The number of nitrogens with two attached hydrogens (primary N) is 1. The van der Waals surface area contributed by atoms with Crippen molar-refractivity contribution < 1.29 is 18.3 Å². The van der Waals surface area contributed by atoms with Crippen LogP contribution in [0.25, 0.3) is 0 Å². The molecule has 2 aliphatic rings. The molecule has 4 nitrogen and oxygen atoms in total. The molecule has 2 aliphatic carbocycles. The number of benzene rings is 1. The second kappa shape index (κ2) is 5.26. The number of fused-ring (bicyclic) bond motifs is 1. The van der Waals surface area contributed by atoms with Gasteiger partial charge in [-0.05, 0) is 55.4 Å². The van der Waals surface area contributed by atoms with E-state index in [1.807, 2.05) is 0 Å². The first-order valence-electron chi connectivity index (χ1n) is 7.15. The van der Waals surface area contributed by atoms with Gasteiger partial charge in [-0.1, -0.05) is 6.07 Å². The summed E-state index contributed by atoms with van der Waals surface area (Å²) in [7, 11) is 0. The number of alkyl halides is 2. The van der Waals surface area contributed by atoms with Gasteiger partial charge in [-0.15, -0.1) is 0 Å². The molecular weight excluding hydrogens is 278 g/mol. The molecule has 1 aromatic rings. The first-order valence-corrected chi connectivity index (χ1v) is 7.15. The van der Waals surface area contributed by atoms with Gasteiger partial charge in [0.25, 0.3) is 0 Å². The number of halogens is 2. The van der Waals surface area contributed by atoms with Crippen LogP contribution in [0.5, 0.6) is 5.75 Å². The summed E-state index contributed by atoms with van der Waals surface area (Å²) in [6, 6.07) is 4.82. The maximum absolute atomic E-state index is 12.2. The van der Waals surface area contributed by atoms with Crippen molar-refractivity contribution in [2.45, 2.75) is 50.3 Å². The van der Waals surface area contributed by atoms with E-state index in [2.05, 4.69) is 10.1 Å². The lowest BCUT2D eigenvalue weighted by atomic mass is 9.87. The first-order chi connectivity index (χ1) is 9.98. The van der Waals surface area contributed by atoms with E-state index in [-0.39, 0.29) is 17.7 Å². The number of hydrogen-bond donors (Lipinski definition) is 2. The predicted molar refractivity (Wildman–Crippen MR) is 73.0 cm³/mol. The van der Waals surface area contributed by atoms with Gasteiger partial charge in [0.05, 0.1) is 11.6 Å². The fourth-order valence-electron chi connectivity index (χ4n) is 2.78. The summed E-state index contributed by atoms with van der Waals surface area (Å²) in [5.41, 5.74) is 7.12. The Morgan fingerprint density at radius 2 is 2.19 bits per heavy atom. The SMILES string of the molecule is NC1(C(=O)N[C@H]2CCCc3cc(OC(F)F)ccc32)CC1. The molecule has 0 radical (unpaired) electrons. The Hall–Kier alpha value is -1.69. The van der Waals surface area contributed by atoms with Crippen LogP contribution in [0.2, 0.25) is 0 Å². The van der Waals surface area contributed by atoms with Crippen molar-refractivity contribution in [1.82, 2.24) is 5.32 Å². The van der Waals surface area contributed by atoms with Gasteiger partial charge >= 0.3 is 6.61 Å². The quantitative estimate of drug-likeness (QED) is 0.896. The molecule has 1 saturated carbocycles. The molecule has 0 bridgehead atoms. The maximum Gasteiger partial charge on any atom is 0.387 e. The van der Waals surface area contributed by atoms with Crippen molar-refractivity contribution >= 4 is 5.91 Å². The Kier molecular flexibility index (Phi) is 3.57. The van der Waals surface area contributed by atoms with Crippen LogP contribution in [0.1, 0.15) is 42.9 Å². The Morgan fingerprint density at radius 3 is 2.86 bits per heavy atom. The Morgan fingerprint density at radius 1 is 1.43 bits per heavy atom. The number of ether oxygens (including phenoxy) is 1. The number of rotatable bonds is 4. The molecule has 3 rings (SSSR count). The highest BCUT2D eigenvalue weighted by Crippen LogP contribution is 2.36. The molecule has 21 heavy (non-hydrogen) atoms. The number of carbonyl (C=O) groups excluding carboxylic acids is 1. The highest BCUT2D eigenvalue weighted by atomic mass is 19.3. The highest BCUT2D eigenvalue weighted by Gasteiger charge is 2.46. The average molecular weight is 296 g/mol. The molecular formula is C15H18F2N2O2. The molecule has 0 spiro atoms. The number of amides is 1. The van der Waals surface area contributed by atoms with Crippen molar-refractivity contribution in [3.8, 4) is 5.75 Å². The van der Waals surface area contributed by atoms with Crippen LogP contribution in [0.15, 0.2) is 18.2 Å². The number of hydrogen-bond acceptors (Lipinski definition) is 3. The molecule has 3 N–H and O–H groups in total. The van der Waals surface area contributed by atoms with Crippen molar-refractivity contribution in [3.63, 3.8) is 0 Å². The van der Waals surface area contributed by atoms with E-state index < -0.39 is 12.2 Å². The Bertz CT molecular complexity index is 559. The molecule has 0 heterocycles. The van der Waals surface area contributed by atoms with E-state index in [1.165, 1.54) is 6.07 Å². The third-order valence-corrected chi connectivity index (χ3v) is 4.20. The summed E-state index contributed by atoms with van der Waals surface area (Å²) >= 11 is 0. The zero-order valence-corrected chi connectivity index (χ0v) is 11.6. The third-order valence-electron chi connectivity index (χ3n) is 4.20. The zero-order chi connectivity index (χ0) is 15.0. The van der Waals surface area contributed by atoms with Gasteiger partial charge in [0, 0.05) is 0 Å². The lowest BCUT2D eigenvalue weighted by Crippen LogP contribution is -2.44. The van der Waals surface area contributed by atoms with Crippen molar-refractivity contribution in [3.05, 3.63) is 29.3 Å². The van der Waals surface area contributed by atoms with Gasteiger partial charge in [0.1, 0.15) is 5.75 Å². The van der Waals surface area contributed by atoms with Crippen LogP contribution in [0, 0.1) is 0 Å². The molecule has 1 fully saturated rings. The van der Waals surface area contributed by atoms with Crippen molar-refractivity contribution in [1.29, 1.82) is 0 Å². The van der Waals surface area contributed by atoms with E-state index in [9.17, 15) is 13.6 Å². The van der Waals surface area contributed by atoms with Crippen LogP contribution in [0.4, 0.5) is 8.78 Å². The van der Waals surface area contributed by atoms with Crippen LogP contribution < -0.4 is 15.8 Å². The molecule has 0 aliphatic heterocycles. The summed E-state index contributed by atoms with van der Waals surface area (Å²) in [5.74, 6) is 0.0430. The summed E-state index contributed by atoms with van der Waals surface area (Å²) < 4.78 is 28.9. The maximum atomic E-state index is 12.2. The molecule has 6 heteroatoms. The lowest BCUT2D eigenvalue weighted by Gasteiger charge is -2.28. The summed E-state index contributed by atoms with van der Waals surface area (Å²) in [6.07, 6.45) is 3.98. The number of carbonyl (C=O) groups is 1. The molecule has 0 saturated heterocycles. The third kappa shape index (κ3) is 3.00. The smallest absolute Gasteiger partial charge is 0.387 e. The molecule has 0 unspecified atom stereocenters. The van der Waals surface area contributed by atoms with Crippen LogP contribution in [-0.2, 0) is 11.2 Å². The minimum Gasteiger partial charge on any atom is -0.435 e. The van der Waals surface area contributed by atoms with Crippen LogP contribution in [0.3, 0.4) is 0 Å². The number of nitrogens with one attached hydrogen (secondary N) is 1. The van der Waals surface area contributed by atoms with Gasteiger partial charge in [0.15, 0.2) is 0 Å². The lowest BCUT2D eigenvalue weighted by molar-refractivity contribution is -0.124. The second-order valence-electron chi connectivity index (χ2n) is 5.81. The largest absolute Gasteiger partial charge is 0.435 e. The molecule has 0 aromatic heterocycles. The second-order valence-corrected chi connectivity index (χ2v) is 5.81. The molecule has 1 amide bonds. The van der Waals surface area contributed by atoms with Crippen molar-refractivity contribution in [2.75, 3.05) is 0 Å². The fourth-order valence-corrected chi connectivity index (χ4v) is 2.78. The number of aryl methyl sites for hydroxylation is 1. The molecule has 114 valence electrons. The predicted octanol–water partition coefficient (Wildman–Crippen LogP) is 2.27. The van der Waals surface area contributed by atoms with E-state index in [0.29, 0.717) is 0 Å². The van der Waals surface area contributed by atoms with Gasteiger partial charge in [-0.25, -0.2) is 0 Å². The Labute approximate surface area is 121 Å². The average Bonchev–Trinajstić information content (AvgIpc) is 3.17. The van der Waals surface area contributed by atoms with Crippen LogP contribution >= 0.6 is 0 Å². The monoisotopic (exact) mass is 296 g/mol. The van der Waals surface area contributed by atoms with Gasteiger partial charge in [-0.3, -0.25) is 4.79 Å². The normalized spacial score (nSPS) is 22.6. The fraction of sp³-hybridized carbons (Fsp3) is 0.533. The summed E-state index contributed by atoms with van der Waals surface area (Å²) in [6.45, 7) is -2.82. The Balaban J connectivity index is 1.76. The zero-order valence-electron chi connectivity index (χ0n) is 11.6. The standard InChI is InChI=1S/C15H18F2N2O2/c16-14(17)21-10-4-5-11-9(8-10)2-1-3-12(11)19-13(20)15(18)6-7-15/h4-5,8,12,14H,1-3,6-7,18H2,(H,19,20)/t12-/m0/s1. The van der Waals surface area contributed by atoms with Gasteiger partial charge in [-0.2, -0.15) is 8.78 Å². The highest BCUT2D eigenvalue weighted by molar-refractivity contribution is 5.89. The molecule has 1 atom stereocenters. The van der Waals surface area contributed by atoms with E-state index in [4.69, 9.17) is 5.73 Å². The van der Waals surface area contributed by atoms with E-state index in [0.717, 1.165) is 43.2 Å². The minimum atomic E-state index is -2.82. The van der Waals surface area contributed by atoms with E-state index in [1.54, 1.807) is 12.1 Å². The minimum absolute atomic E-state index is 0.0946.